The van der Waals surface area contributed by atoms with E-state index in [2.05, 4.69) is 34.5 Å². The van der Waals surface area contributed by atoms with Crippen LogP contribution in [0.1, 0.15) is 25.3 Å². The van der Waals surface area contributed by atoms with Gasteiger partial charge in [0.2, 0.25) is 0 Å². The summed E-state index contributed by atoms with van der Waals surface area (Å²) in [6.07, 6.45) is 0. The molecule has 7 heteroatoms. The van der Waals surface area contributed by atoms with Crippen molar-refractivity contribution in [2.45, 2.75) is 24.7 Å². The standard InChI is InChI=1S/C17H18BrNO4S/c1-11(2)12-4-3-5-13(8-12)19-24(20,21)17-10-16-15(9-14(17)18)22-6-7-23-16/h3-5,8-11,19H,6-7H2,1-2H3. The first-order valence-corrected chi connectivity index (χ1v) is 9.86. The zero-order valence-corrected chi connectivity index (χ0v) is 15.8. The molecule has 128 valence electrons. The van der Waals surface area contributed by atoms with E-state index in [0.717, 1.165) is 5.56 Å². The fourth-order valence-electron chi connectivity index (χ4n) is 2.42. The van der Waals surface area contributed by atoms with E-state index in [1.54, 1.807) is 12.1 Å². The number of halogens is 1. The summed E-state index contributed by atoms with van der Waals surface area (Å²) in [5.41, 5.74) is 1.60. The SMILES string of the molecule is CC(C)c1cccc(NS(=O)(=O)c2cc3c(cc2Br)OCCO3)c1. The summed E-state index contributed by atoms with van der Waals surface area (Å²) in [5, 5.41) is 0. The number of hydrogen-bond donors (Lipinski definition) is 1. The number of benzene rings is 2. The number of nitrogens with one attached hydrogen (secondary N) is 1. The van der Waals surface area contributed by atoms with Crippen molar-refractivity contribution in [1.29, 1.82) is 0 Å². The highest BCUT2D eigenvalue weighted by Crippen LogP contribution is 2.38. The van der Waals surface area contributed by atoms with Crippen molar-refractivity contribution < 1.29 is 17.9 Å². The molecule has 0 unspecified atom stereocenters. The summed E-state index contributed by atoms with van der Waals surface area (Å²) in [6, 6.07) is 10.5. The Bertz CT molecular complexity index is 865. The minimum atomic E-state index is -3.75. The maximum atomic E-state index is 12.8. The molecule has 1 N–H and O–H groups in total. The van der Waals surface area contributed by atoms with E-state index in [-0.39, 0.29) is 4.90 Å². The molecule has 0 atom stereocenters. The van der Waals surface area contributed by atoms with Gasteiger partial charge in [-0.15, -0.1) is 0 Å². The maximum absolute atomic E-state index is 12.8. The molecule has 0 saturated carbocycles. The molecule has 1 aliphatic rings. The van der Waals surface area contributed by atoms with Gasteiger partial charge >= 0.3 is 0 Å². The largest absolute Gasteiger partial charge is 0.486 e. The zero-order chi connectivity index (χ0) is 17.3. The molecule has 1 heterocycles. The predicted octanol–water partition coefficient (Wildman–Crippen LogP) is 4.14. The normalized spacial score (nSPS) is 13.8. The lowest BCUT2D eigenvalue weighted by atomic mass is 10.0. The van der Waals surface area contributed by atoms with Crippen LogP contribution in [-0.4, -0.2) is 21.6 Å². The molecule has 1 aliphatic heterocycles. The van der Waals surface area contributed by atoms with Crippen LogP contribution >= 0.6 is 15.9 Å². The third-order valence-corrected chi connectivity index (χ3v) is 6.03. The van der Waals surface area contributed by atoms with Gasteiger partial charge in [-0.2, -0.15) is 0 Å². The highest BCUT2D eigenvalue weighted by molar-refractivity contribution is 9.10. The van der Waals surface area contributed by atoms with Crippen LogP contribution in [0.3, 0.4) is 0 Å². The Labute approximate surface area is 150 Å². The van der Waals surface area contributed by atoms with Gasteiger partial charge in [0.15, 0.2) is 11.5 Å². The Morgan fingerprint density at radius 3 is 2.42 bits per heavy atom. The lowest BCUT2D eigenvalue weighted by Gasteiger charge is -2.20. The molecule has 0 saturated heterocycles. The minimum absolute atomic E-state index is 0.113. The lowest BCUT2D eigenvalue weighted by Crippen LogP contribution is -2.18. The Morgan fingerprint density at radius 1 is 1.08 bits per heavy atom. The van der Waals surface area contributed by atoms with Crippen LogP contribution in [0, 0.1) is 0 Å². The summed E-state index contributed by atoms with van der Waals surface area (Å²) >= 11 is 3.31. The van der Waals surface area contributed by atoms with E-state index in [0.29, 0.717) is 40.8 Å². The van der Waals surface area contributed by atoms with Gasteiger partial charge in [-0.1, -0.05) is 26.0 Å². The van der Waals surface area contributed by atoms with E-state index >= 15 is 0 Å². The number of anilines is 1. The first-order valence-electron chi connectivity index (χ1n) is 7.59. The van der Waals surface area contributed by atoms with Crippen molar-refractivity contribution in [3.05, 3.63) is 46.4 Å². The molecule has 0 radical (unpaired) electrons. The molecule has 2 aromatic rings. The quantitative estimate of drug-likeness (QED) is 0.820. The molecule has 3 rings (SSSR count). The van der Waals surface area contributed by atoms with Crippen molar-refractivity contribution in [1.82, 2.24) is 0 Å². The monoisotopic (exact) mass is 411 g/mol. The van der Waals surface area contributed by atoms with E-state index < -0.39 is 10.0 Å². The summed E-state index contributed by atoms with van der Waals surface area (Å²) in [4.78, 5) is 0.113. The van der Waals surface area contributed by atoms with Crippen LogP contribution in [0.25, 0.3) is 0 Å². The lowest BCUT2D eigenvalue weighted by molar-refractivity contribution is 0.171. The average Bonchev–Trinajstić information content (AvgIpc) is 2.54. The molecule has 0 amide bonds. The third kappa shape index (κ3) is 3.52. The molecular weight excluding hydrogens is 394 g/mol. The van der Waals surface area contributed by atoms with E-state index in [1.165, 1.54) is 6.07 Å². The van der Waals surface area contributed by atoms with Gasteiger partial charge in [-0.05, 0) is 45.6 Å². The Balaban J connectivity index is 1.95. The molecule has 5 nitrogen and oxygen atoms in total. The number of hydrogen-bond acceptors (Lipinski definition) is 4. The van der Waals surface area contributed by atoms with E-state index in [4.69, 9.17) is 9.47 Å². The number of fused-ring (bicyclic) bond motifs is 1. The summed E-state index contributed by atoms with van der Waals surface area (Å²) in [6.45, 7) is 4.97. The number of sulfonamides is 1. The van der Waals surface area contributed by atoms with Crippen molar-refractivity contribution >= 4 is 31.6 Å². The first-order chi connectivity index (χ1) is 11.4. The second-order valence-electron chi connectivity index (χ2n) is 5.81. The molecular formula is C17H18BrNO4S. The van der Waals surface area contributed by atoms with Gasteiger partial charge in [0, 0.05) is 16.2 Å². The van der Waals surface area contributed by atoms with E-state index in [9.17, 15) is 8.42 Å². The van der Waals surface area contributed by atoms with Gasteiger partial charge in [0.05, 0.1) is 0 Å². The van der Waals surface area contributed by atoms with Gasteiger partial charge in [0.25, 0.3) is 10.0 Å². The first kappa shape index (κ1) is 17.1. The van der Waals surface area contributed by atoms with Crippen LogP contribution in [0.15, 0.2) is 45.8 Å². The van der Waals surface area contributed by atoms with Gasteiger partial charge in [-0.3, -0.25) is 4.72 Å². The van der Waals surface area contributed by atoms with Crippen LogP contribution in [0.2, 0.25) is 0 Å². The zero-order valence-electron chi connectivity index (χ0n) is 13.4. The minimum Gasteiger partial charge on any atom is -0.486 e. The van der Waals surface area contributed by atoms with Crippen molar-refractivity contribution in [2.24, 2.45) is 0 Å². The Hall–Kier alpha value is -1.73. The number of ether oxygens (including phenoxy) is 2. The molecule has 0 fully saturated rings. The van der Waals surface area contributed by atoms with E-state index in [1.807, 2.05) is 18.2 Å². The maximum Gasteiger partial charge on any atom is 0.263 e. The van der Waals surface area contributed by atoms with Gasteiger partial charge in [0.1, 0.15) is 18.1 Å². The second kappa shape index (κ2) is 6.64. The van der Waals surface area contributed by atoms with Gasteiger partial charge in [-0.25, -0.2) is 8.42 Å². The number of rotatable bonds is 4. The fourth-order valence-corrected chi connectivity index (χ4v) is 4.51. The molecule has 0 aromatic heterocycles. The Morgan fingerprint density at radius 2 is 1.75 bits per heavy atom. The topological polar surface area (TPSA) is 64.6 Å². The van der Waals surface area contributed by atoms with Crippen LogP contribution in [0.5, 0.6) is 11.5 Å². The molecule has 0 bridgehead atoms. The van der Waals surface area contributed by atoms with Crippen LogP contribution in [-0.2, 0) is 10.0 Å². The smallest absolute Gasteiger partial charge is 0.263 e. The van der Waals surface area contributed by atoms with Gasteiger partial charge < -0.3 is 9.47 Å². The molecule has 0 spiro atoms. The third-order valence-electron chi connectivity index (χ3n) is 3.69. The summed E-state index contributed by atoms with van der Waals surface area (Å²) in [5.74, 6) is 1.28. The highest BCUT2D eigenvalue weighted by atomic mass is 79.9. The van der Waals surface area contributed by atoms with Crippen molar-refractivity contribution in [2.75, 3.05) is 17.9 Å². The van der Waals surface area contributed by atoms with Crippen molar-refractivity contribution in [3.8, 4) is 11.5 Å². The highest BCUT2D eigenvalue weighted by Gasteiger charge is 2.23. The molecule has 0 aliphatic carbocycles. The van der Waals surface area contributed by atoms with Crippen molar-refractivity contribution in [3.63, 3.8) is 0 Å². The molecule has 2 aromatic carbocycles. The van der Waals surface area contributed by atoms with Crippen LogP contribution in [0.4, 0.5) is 5.69 Å². The Kier molecular flexibility index (Phi) is 4.73. The predicted molar refractivity (Wildman–Crippen MR) is 96.5 cm³/mol. The average molecular weight is 412 g/mol. The fraction of sp³-hybridized carbons (Fsp3) is 0.294. The van der Waals surface area contributed by atoms with Crippen LogP contribution < -0.4 is 14.2 Å². The second-order valence-corrected chi connectivity index (χ2v) is 8.32. The molecule has 24 heavy (non-hydrogen) atoms. The summed E-state index contributed by atoms with van der Waals surface area (Å²) in [7, 11) is -3.75. The summed E-state index contributed by atoms with van der Waals surface area (Å²) < 4.78 is 39.5.